The van der Waals surface area contributed by atoms with Crippen molar-refractivity contribution in [2.24, 2.45) is 5.92 Å². The predicted octanol–water partition coefficient (Wildman–Crippen LogP) is 3.77. The molecule has 2 aromatic carbocycles. The van der Waals surface area contributed by atoms with E-state index in [2.05, 4.69) is 16.3 Å². The van der Waals surface area contributed by atoms with E-state index in [9.17, 15) is 14.9 Å². The third kappa shape index (κ3) is 5.27. The molecule has 2 heterocycles. The number of hydrogen-bond donors (Lipinski definition) is 1. The molecule has 0 bridgehead atoms. The zero-order valence-electron chi connectivity index (χ0n) is 19.1. The number of methoxy groups -OCH3 is 1. The number of benzene rings is 2. The maximum Gasteiger partial charge on any atom is 0.292 e. The summed E-state index contributed by atoms with van der Waals surface area (Å²) in [6, 6.07) is 14.9. The molecule has 0 aromatic heterocycles. The standard InChI is InChI=1S/C25H32N4O4/c1-33-24-11-5-2-8-20(24)23(27-14-6-7-15-27)18-26-25(30)19-12-16-28(17-13-19)21-9-3-4-10-22(21)29(31)32/h2-5,8-11,19,23H,6-7,12-18H2,1H3,(H,26,30). The van der Waals surface area contributed by atoms with Gasteiger partial charge in [0.2, 0.25) is 5.91 Å². The first-order valence-electron chi connectivity index (χ1n) is 11.7. The number of hydrogen-bond acceptors (Lipinski definition) is 6. The van der Waals surface area contributed by atoms with E-state index in [0.29, 0.717) is 38.2 Å². The number of nitro benzene ring substituents is 1. The Balaban J connectivity index is 1.38. The Hall–Kier alpha value is -3.13. The van der Waals surface area contributed by atoms with Crippen molar-refractivity contribution < 1.29 is 14.5 Å². The summed E-state index contributed by atoms with van der Waals surface area (Å²) in [5, 5.41) is 14.6. The van der Waals surface area contributed by atoms with Gasteiger partial charge in [0, 0.05) is 37.2 Å². The van der Waals surface area contributed by atoms with Crippen LogP contribution in [0.2, 0.25) is 0 Å². The zero-order valence-corrected chi connectivity index (χ0v) is 19.1. The largest absolute Gasteiger partial charge is 0.496 e. The lowest BCUT2D eigenvalue weighted by atomic mass is 9.95. The summed E-state index contributed by atoms with van der Waals surface area (Å²) in [4.78, 5) is 28.5. The van der Waals surface area contributed by atoms with Crippen LogP contribution in [0.5, 0.6) is 5.75 Å². The van der Waals surface area contributed by atoms with Crippen molar-refractivity contribution in [2.45, 2.75) is 31.7 Å². The highest BCUT2D eigenvalue weighted by atomic mass is 16.6. The minimum Gasteiger partial charge on any atom is -0.496 e. The number of anilines is 1. The Morgan fingerprint density at radius 2 is 1.76 bits per heavy atom. The molecule has 0 spiro atoms. The van der Waals surface area contributed by atoms with Gasteiger partial charge in [-0.2, -0.15) is 0 Å². The van der Waals surface area contributed by atoms with Crippen LogP contribution in [-0.2, 0) is 4.79 Å². The summed E-state index contributed by atoms with van der Waals surface area (Å²) in [6.45, 7) is 3.85. The van der Waals surface area contributed by atoms with Gasteiger partial charge < -0.3 is 15.0 Å². The SMILES string of the molecule is COc1ccccc1C(CNC(=O)C1CCN(c2ccccc2[N+](=O)[O-])CC1)N1CCCC1. The fourth-order valence-electron chi connectivity index (χ4n) is 5.04. The molecular weight excluding hydrogens is 420 g/mol. The lowest BCUT2D eigenvalue weighted by Gasteiger charge is -2.33. The Morgan fingerprint density at radius 3 is 2.45 bits per heavy atom. The van der Waals surface area contributed by atoms with Gasteiger partial charge in [-0.15, -0.1) is 0 Å². The van der Waals surface area contributed by atoms with E-state index in [1.807, 2.05) is 29.2 Å². The molecule has 0 radical (unpaired) electrons. The third-order valence-corrected chi connectivity index (χ3v) is 6.83. The molecule has 1 N–H and O–H groups in total. The third-order valence-electron chi connectivity index (χ3n) is 6.83. The van der Waals surface area contributed by atoms with Crippen LogP contribution >= 0.6 is 0 Å². The van der Waals surface area contributed by atoms with Crippen LogP contribution in [0.1, 0.15) is 37.3 Å². The van der Waals surface area contributed by atoms with Gasteiger partial charge in [0.25, 0.3) is 5.69 Å². The number of amides is 1. The van der Waals surface area contributed by atoms with Gasteiger partial charge in [0.1, 0.15) is 11.4 Å². The van der Waals surface area contributed by atoms with Crippen LogP contribution in [0.25, 0.3) is 0 Å². The molecule has 2 aliphatic heterocycles. The first-order chi connectivity index (χ1) is 16.1. The van der Waals surface area contributed by atoms with Crippen LogP contribution in [0.15, 0.2) is 48.5 Å². The molecule has 2 aromatic rings. The number of ether oxygens (including phenoxy) is 1. The highest BCUT2D eigenvalue weighted by Gasteiger charge is 2.30. The van der Waals surface area contributed by atoms with Crippen LogP contribution in [0.3, 0.4) is 0 Å². The summed E-state index contributed by atoms with van der Waals surface area (Å²) in [6.07, 6.45) is 3.70. The molecule has 8 heteroatoms. The molecule has 176 valence electrons. The smallest absolute Gasteiger partial charge is 0.292 e. The number of nitrogens with one attached hydrogen (secondary N) is 1. The van der Waals surface area contributed by atoms with E-state index in [-0.39, 0.29) is 28.5 Å². The van der Waals surface area contributed by atoms with Crippen molar-refractivity contribution in [3.05, 3.63) is 64.2 Å². The van der Waals surface area contributed by atoms with E-state index in [4.69, 9.17) is 4.74 Å². The van der Waals surface area contributed by atoms with E-state index >= 15 is 0 Å². The fourth-order valence-corrected chi connectivity index (χ4v) is 5.04. The maximum absolute atomic E-state index is 13.0. The minimum absolute atomic E-state index is 0.0660. The monoisotopic (exact) mass is 452 g/mol. The molecular formula is C25H32N4O4. The second kappa shape index (κ2) is 10.7. The highest BCUT2D eigenvalue weighted by Crippen LogP contribution is 2.33. The number of nitrogens with zero attached hydrogens (tertiary/aromatic N) is 3. The lowest BCUT2D eigenvalue weighted by Crippen LogP contribution is -2.43. The van der Waals surface area contributed by atoms with Gasteiger partial charge in [0.15, 0.2) is 0 Å². The number of carbonyl (C=O) groups excluding carboxylic acids is 1. The second-order valence-electron chi connectivity index (χ2n) is 8.75. The Labute approximate surface area is 194 Å². The van der Waals surface area contributed by atoms with Crippen LogP contribution in [-0.4, -0.2) is 55.6 Å². The van der Waals surface area contributed by atoms with Gasteiger partial charge in [-0.3, -0.25) is 19.8 Å². The number of para-hydroxylation sites is 3. The average Bonchev–Trinajstić information content (AvgIpc) is 3.39. The zero-order chi connectivity index (χ0) is 23.2. The van der Waals surface area contributed by atoms with Crippen molar-refractivity contribution in [3.63, 3.8) is 0 Å². The Kier molecular flexibility index (Phi) is 7.44. The number of piperidine rings is 1. The molecule has 1 amide bonds. The topological polar surface area (TPSA) is 87.9 Å². The quantitative estimate of drug-likeness (QED) is 0.485. The van der Waals surface area contributed by atoms with Crippen molar-refractivity contribution in [1.29, 1.82) is 0 Å². The second-order valence-corrected chi connectivity index (χ2v) is 8.75. The van der Waals surface area contributed by atoms with Crippen LogP contribution < -0.4 is 15.0 Å². The van der Waals surface area contributed by atoms with Gasteiger partial charge in [-0.1, -0.05) is 30.3 Å². The molecule has 2 fully saturated rings. The minimum atomic E-state index is -0.343. The average molecular weight is 453 g/mol. The van der Waals surface area contributed by atoms with Crippen molar-refractivity contribution in [3.8, 4) is 5.75 Å². The molecule has 8 nitrogen and oxygen atoms in total. The predicted molar refractivity (Wildman–Crippen MR) is 128 cm³/mol. The highest BCUT2D eigenvalue weighted by molar-refractivity contribution is 5.79. The van der Waals surface area contributed by atoms with Crippen LogP contribution in [0.4, 0.5) is 11.4 Å². The van der Waals surface area contributed by atoms with Gasteiger partial charge in [-0.25, -0.2) is 0 Å². The summed E-state index contributed by atoms with van der Waals surface area (Å²) in [5.41, 5.74) is 1.85. The first-order valence-corrected chi connectivity index (χ1v) is 11.7. The Bertz CT molecular complexity index is 968. The van der Waals surface area contributed by atoms with E-state index in [1.54, 1.807) is 19.2 Å². The summed E-state index contributed by atoms with van der Waals surface area (Å²) >= 11 is 0. The summed E-state index contributed by atoms with van der Waals surface area (Å²) in [7, 11) is 1.68. The van der Waals surface area contributed by atoms with Gasteiger partial charge in [0.05, 0.1) is 18.1 Å². The number of rotatable bonds is 8. The normalized spacial score (nSPS) is 18.2. The molecule has 2 aliphatic rings. The molecule has 33 heavy (non-hydrogen) atoms. The van der Waals surface area contributed by atoms with Crippen LogP contribution in [0, 0.1) is 16.0 Å². The lowest BCUT2D eigenvalue weighted by molar-refractivity contribution is -0.384. The summed E-state index contributed by atoms with van der Waals surface area (Å²) in [5.74, 6) is 0.832. The fraction of sp³-hybridized carbons (Fsp3) is 0.480. The summed E-state index contributed by atoms with van der Waals surface area (Å²) < 4.78 is 5.60. The van der Waals surface area contributed by atoms with E-state index in [0.717, 1.165) is 24.4 Å². The molecule has 4 rings (SSSR count). The molecule has 2 saturated heterocycles. The van der Waals surface area contributed by atoms with E-state index < -0.39 is 0 Å². The molecule has 1 atom stereocenters. The van der Waals surface area contributed by atoms with E-state index in [1.165, 1.54) is 18.9 Å². The van der Waals surface area contributed by atoms with Gasteiger partial charge >= 0.3 is 0 Å². The van der Waals surface area contributed by atoms with Crippen molar-refractivity contribution in [2.75, 3.05) is 44.7 Å². The molecule has 0 aliphatic carbocycles. The first kappa shape index (κ1) is 23.0. The number of nitro groups is 1. The molecule has 1 unspecified atom stereocenters. The molecule has 0 saturated carbocycles. The maximum atomic E-state index is 13.0. The number of likely N-dealkylation sites (tertiary alicyclic amines) is 1. The van der Waals surface area contributed by atoms with Gasteiger partial charge in [-0.05, 0) is 50.9 Å². The van der Waals surface area contributed by atoms with Crippen molar-refractivity contribution in [1.82, 2.24) is 10.2 Å². The van der Waals surface area contributed by atoms with Crippen molar-refractivity contribution >= 4 is 17.3 Å². The number of carbonyl (C=O) groups is 1. The Morgan fingerprint density at radius 1 is 1.09 bits per heavy atom.